The smallest absolute Gasteiger partial charge is 0.262 e. The Bertz CT molecular complexity index is 223. The molecule has 0 amide bonds. The summed E-state index contributed by atoms with van der Waals surface area (Å²) in [5.41, 5.74) is 0. The number of nitrogens with zero attached hydrogens (tertiary/aromatic N) is 2. The maximum Gasteiger partial charge on any atom is 0.320 e. The van der Waals surface area contributed by atoms with E-state index in [2.05, 4.69) is 0 Å². The van der Waals surface area contributed by atoms with Gasteiger partial charge >= 0.3 is 12.5 Å². The van der Waals surface area contributed by atoms with Crippen LogP contribution in [0.25, 0.3) is 0 Å². The summed E-state index contributed by atoms with van der Waals surface area (Å²) >= 11 is 0. The van der Waals surface area contributed by atoms with Crippen LogP contribution >= 0.6 is 0 Å². The highest BCUT2D eigenvalue weighted by Crippen LogP contribution is 2.13. The SMILES string of the molecule is CCCCC(OC(CCCC)[N+](=O)[O-])[N+](=O)[O-]. The van der Waals surface area contributed by atoms with Crippen molar-refractivity contribution in [1.82, 2.24) is 0 Å². The van der Waals surface area contributed by atoms with Gasteiger partial charge in [-0.15, -0.1) is 0 Å². The lowest BCUT2D eigenvalue weighted by Crippen LogP contribution is -2.33. The predicted octanol–water partition coefficient (Wildman–Crippen LogP) is 2.59. The van der Waals surface area contributed by atoms with Gasteiger partial charge in [0, 0.05) is 12.8 Å². The molecule has 0 aromatic carbocycles. The summed E-state index contributed by atoms with van der Waals surface area (Å²) in [6.07, 6.45) is 0.773. The quantitative estimate of drug-likeness (QED) is 0.336. The van der Waals surface area contributed by atoms with Crippen molar-refractivity contribution in [2.45, 2.75) is 64.8 Å². The van der Waals surface area contributed by atoms with Gasteiger partial charge in [0.15, 0.2) is 0 Å². The van der Waals surface area contributed by atoms with Gasteiger partial charge in [-0.25, -0.2) is 4.74 Å². The van der Waals surface area contributed by atoms with Gasteiger partial charge in [0.2, 0.25) is 0 Å². The summed E-state index contributed by atoms with van der Waals surface area (Å²) in [5.74, 6) is 0. The standard InChI is InChI=1S/C10H20N2O5/c1-3-5-7-9(11(13)14)17-10(12(15)16)8-6-4-2/h9-10H,3-8H2,1-2H3. The monoisotopic (exact) mass is 248 g/mol. The van der Waals surface area contributed by atoms with E-state index in [0.29, 0.717) is 12.8 Å². The molecule has 0 radical (unpaired) electrons. The van der Waals surface area contributed by atoms with Gasteiger partial charge in [-0.05, 0) is 12.8 Å². The van der Waals surface area contributed by atoms with E-state index in [1.807, 2.05) is 13.8 Å². The molecule has 100 valence electrons. The lowest BCUT2D eigenvalue weighted by atomic mass is 10.2. The van der Waals surface area contributed by atoms with Crippen LogP contribution in [0.4, 0.5) is 0 Å². The van der Waals surface area contributed by atoms with Gasteiger partial charge in [0.05, 0.1) is 9.85 Å². The lowest BCUT2D eigenvalue weighted by molar-refractivity contribution is -0.647. The third kappa shape index (κ3) is 6.83. The van der Waals surface area contributed by atoms with E-state index < -0.39 is 22.3 Å². The maximum atomic E-state index is 10.7. The number of hydrogen-bond acceptors (Lipinski definition) is 5. The molecule has 0 rings (SSSR count). The molecule has 0 aliphatic heterocycles. The van der Waals surface area contributed by atoms with Crippen LogP contribution in [0.3, 0.4) is 0 Å². The van der Waals surface area contributed by atoms with E-state index in [1.165, 1.54) is 0 Å². The van der Waals surface area contributed by atoms with Gasteiger partial charge < -0.3 is 0 Å². The summed E-state index contributed by atoms with van der Waals surface area (Å²) < 4.78 is 4.98. The summed E-state index contributed by atoms with van der Waals surface area (Å²) in [4.78, 5) is 20.2. The van der Waals surface area contributed by atoms with Crippen molar-refractivity contribution in [3.63, 3.8) is 0 Å². The van der Waals surface area contributed by atoms with Crippen LogP contribution in [0.2, 0.25) is 0 Å². The summed E-state index contributed by atoms with van der Waals surface area (Å²) in [5, 5.41) is 21.4. The molecule has 0 saturated carbocycles. The van der Waals surface area contributed by atoms with E-state index in [1.54, 1.807) is 0 Å². The molecule has 0 fully saturated rings. The minimum atomic E-state index is -1.26. The molecule has 2 atom stereocenters. The molecule has 0 N–H and O–H groups in total. The Kier molecular flexibility index (Phi) is 8.21. The molecule has 0 saturated heterocycles. The van der Waals surface area contributed by atoms with Gasteiger partial charge in [0.25, 0.3) is 0 Å². The Morgan fingerprint density at radius 2 is 1.29 bits per heavy atom. The van der Waals surface area contributed by atoms with Gasteiger partial charge in [-0.3, -0.25) is 20.2 Å². The average molecular weight is 248 g/mol. The van der Waals surface area contributed by atoms with Crippen molar-refractivity contribution in [3.8, 4) is 0 Å². The second-order valence-electron chi connectivity index (χ2n) is 3.90. The topological polar surface area (TPSA) is 95.5 Å². The highest BCUT2D eigenvalue weighted by atomic mass is 16.7. The molecule has 0 aliphatic rings. The number of ether oxygens (including phenoxy) is 1. The second kappa shape index (κ2) is 8.86. The number of hydrogen-bond donors (Lipinski definition) is 0. The van der Waals surface area contributed by atoms with Crippen molar-refractivity contribution < 1.29 is 14.6 Å². The first-order valence-electron chi connectivity index (χ1n) is 5.95. The van der Waals surface area contributed by atoms with Crippen LogP contribution in [-0.2, 0) is 4.74 Å². The molecule has 0 aliphatic carbocycles. The van der Waals surface area contributed by atoms with Gasteiger partial charge in [-0.2, -0.15) is 0 Å². The third-order valence-electron chi connectivity index (χ3n) is 2.39. The molecule has 0 heterocycles. The summed E-state index contributed by atoms with van der Waals surface area (Å²) in [6.45, 7) is 3.80. The molecule has 0 spiro atoms. The molecule has 2 unspecified atom stereocenters. The third-order valence-corrected chi connectivity index (χ3v) is 2.39. The highest BCUT2D eigenvalue weighted by Gasteiger charge is 2.30. The van der Waals surface area contributed by atoms with Crippen LogP contribution < -0.4 is 0 Å². The zero-order chi connectivity index (χ0) is 13.3. The number of rotatable bonds is 10. The maximum absolute atomic E-state index is 10.7. The zero-order valence-corrected chi connectivity index (χ0v) is 10.3. The fourth-order valence-electron chi connectivity index (χ4n) is 1.39. The fourth-order valence-corrected chi connectivity index (χ4v) is 1.39. The molecule has 7 heteroatoms. The van der Waals surface area contributed by atoms with E-state index in [9.17, 15) is 20.2 Å². The molecule has 17 heavy (non-hydrogen) atoms. The van der Waals surface area contributed by atoms with Crippen LogP contribution in [0.1, 0.15) is 52.4 Å². The van der Waals surface area contributed by atoms with Crippen LogP contribution in [0.5, 0.6) is 0 Å². The Hall–Kier alpha value is -1.24. The Labute approximate surface area is 100 Å². The van der Waals surface area contributed by atoms with Crippen molar-refractivity contribution in [2.75, 3.05) is 0 Å². The number of unbranched alkanes of at least 4 members (excludes halogenated alkanes) is 2. The van der Waals surface area contributed by atoms with E-state index >= 15 is 0 Å². The van der Waals surface area contributed by atoms with Crippen molar-refractivity contribution in [2.24, 2.45) is 0 Å². The van der Waals surface area contributed by atoms with E-state index in [0.717, 1.165) is 12.8 Å². The highest BCUT2D eigenvalue weighted by molar-refractivity contribution is 4.50. The first-order valence-corrected chi connectivity index (χ1v) is 5.95. The Morgan fingerprint density at radius 1 is 0.941 bits per heavy atom. The van der Waals surface area contributed by atoms with E-state index in [-0.39, 0.29) is 12.8 Å². The molecule has 0 bridgehead atoms. The molecular formula is C10H20N2O5. The van der Waals surface area contributed by atoms with Crippen LogP contribution in [0.15, 0.2) is 0 Å². The Morgan fingerprint density at radius 3 is 1.53 bits per heavy atom. The lowest BCUT2D eigenvalue weighted by Gasteiger charge is -2.13. The fraction of sp³-hybridized carbons (Fsp3) is 1.00. The van der Waals surface area contributed by atoms with Crippen molar-refractivity contribution in [1.29, 1.82) is 0 Å². The normalized spacial score (nSPS) is 14.2. The predicted molar refractivity (Wildman–Crippen MR) is 61.7 cm³/mol. The second-order valence-corrected chi connectivity index (χ2v) is 3.90. The largest absolute Gasteiger partial charge is 0.320 e. The van der Waals surface area contributed by atoms with Crippen LogP contribution in [-0.4, -0.2) is 22.3 Å². The van der Waals surface area contributed by atoms with Gasteiger partial charge in [-0.1, -0.05) is 26.7 Å². The molecular weight excluding hydrogens is 228 g/mol. The first-order chi connectivity index (χ1) is 8.02. The zero-order valence-electron chi connectivity index (χ0n) is 10.3. The minimum Gasteiger partial charge on any atom is -0.262 e. The molecule has 0 aromatic rings. The minimum absolute atomic E-state index is 0.222. The van der Waals surface area contributed by atoms with Crippen molar-refractivity contribution in [3.05, 3.63) is 20.2 Å². The number of nitro groups is 2. The van der Waals surface area contributed by atoms with Crippen molar-refractivity contribution >= 4 is 0 Å². The molecule has 7 nitrogen and oxygen atoms in total. The van der Waals surface area contributed by atoms with Gasteiger partial charge in [0.1, 0.15) is 0 Å². The molecule has 0 aromatic heterocycles. The Balaban J connectivity index is 4.34. The first kappa shape index (κ1) is 15.8. The average Bonchev–Trinajstić information content (AvgIpc) is 2.27. The summed E-state index contributed by atoms with van der Waals surface area (Å²) in [6, 6.07) is 0. The summed E-state index contributed by atoms with van der Waals surface area (Å²) in [7, 11) is 0. The van der Waals surface area contributed by atoms with E-state index in [4.69, 9.17) is 4.74 Å². The van der Waals surface area contributed by atoms with Crippen LogP contribution in [0, 0.1) is 20.2 Å².